The molecule has 0 amide bonds. The van der Waals surface area contributed by atoms with Crippen LogP contribution in [0.15, 0.2) is 26.2 Å². The molecule has 98 valence electrons. The molecule has 4 nitrogen and oxygen atoms in total. The van der Waals surface area contributed by atoms with Crippen LogP contribution in [-0.4, -0.2) is 9.78 Å². The van der Waals surface area contributed by atoms with Gasteiger partial charge in [0.1, 0.15) is 11.0 Å². The van der Waals surface area contributed by atoms with Gasteiger partial charge in [0, 0.05) is 6.54 Å². The van der Waals surface area contributed by atoms with E-state index in [4.69, 9.17) is 6.42 Å². The van der Waals surface area contributed by atoms with Crippen molar-refractivity contribution in [3.8, 4) is 12.3 Å². The second kappa shape index (κ2) is 6.04. The SMILES string of the molecule is C#CCn1ncc(NCc2cscc2C)c(Br)c1=O. The van der Waals surface area contributed by atoms with Gasteiger partial charge in [-0.15, -0.1) is 6.42 Å². The summed E-state index contributed by atoms with van der Waals surface area (Å²) in [5.74, 6) is 2.39. The van der Waals surface area contributed by atoms with Crippen LogP contribution in [0.1, 0.15) is 11.1 Å². The van der Waals surface area contributed by atoms with E-state index in [1.54, 1.807) is 17.5 Å². The molecule has 0 radical (unpaired) electrons. The van der Waals surface area contributed by atoms with Gasteiger partial charge in [0.15, 0.2) is 0 Å². The minimum Gasteiger partial charge on any atom is -0.379 e. The Balaban J connectivity index is 2.18. The molecule has 0 aliphatic rings. The first-order valence-electron chi connectivity index (χ1n) is 5.58. The van der Waals surface area contributed by atoms with E-state index in [1.165, 1.54) is 15.8 Å². The van der Waals surface area contributed by atoms with Crippen molar-refractivity contribution in [3.05, 3.63) is 42.9 Å². The minimum absolute atomic E-state index is 0.168. The summed E-state index contributed by atoms with van der Waals surface area (Å²) < 4.78 is 1.69. The maximum absolute atomic E-state index is 11.9. The summed E-state index contributed by atoms with van der Waals surface area (Å²) >= 11 is 4.94. The predicted octanol–water partition coefficient (Wildman–Crippen LogP) is 2.62. The fourth-order valence-electron chi connectivity index (χ4n) is 1.55. The van der Waals surface area contributed by atoms with Crippen LogP contribution in [0.3, 0.4) is 0 Å². The summed E-state index contributed by atoms with van der Waals surface area (Å²) in [6, 6.07) is 0. The van der Waals surface area contributed by atoms with E-state index in [2.05, 4.69) is 49.9 Å². The van der Waals surface area contributed by atoms with Gasteiger partial charge < -0.3 is 5.32 Å². The molecule has 0 atom stereocenters. The number of thiophene rings is 1. The highest BCUT2D eigenvalue weighted by molar-refractivity contribution is 9.10. The molecule has 0 spiro atoms. The minimum atomic E-state index is -0.231. The molecule has 2 rings (SSSR count). The van der Waals surface area contributed by atoms with Crippen LogP contribution in [0, 0.1) is 19.3 Å². The smallest absolute Gasteiger partial charge is 0.284 e. The van der Waals surface area contributed by atoms with Crippen LogP contribution in [-0.2, 0) is 13.1 Å². The van der Waals surface area contributed by atoms with Gasteiger partial charge in [0.05, 0.1) is 11.9 Å². The molecule has 0 bridgehead atoms. The Morgan fingerprint density at radius 3 is 3.00 bits per heavy atom. The van der Waals surface area contributed by atoms with E-state index in [-0.39, 0.29) is 12.1 Å². The quantitative estimate of drug-likeness (QED) is 0.872. The second-order valence-electron chi connectivity index (χ2n) is 3.97. The molecule has 0 aliphatic carbocycles. The van der Waals surface area contributed by atoms with E-state index >= 15 is 0 Å². The molecular formula is C13H12BrN3OS. The molecular weight excluding hydrogens is 326 g/mol. The zero-order valence-electron chi connectivity index (χ0n) is 10.3. The first-order chi connectivity index (χ1) is 9.13. The summed E-state index contributed by atoms with van der Waals surface area (Å²) in [6.07, 6.45) is 6.78. The van der Waals surface area contributed by atoms with Crippen molar-refractivity contribution in [1.29, 1.82) is 0 Å². The van der Waals surface area contributed by atoms with Crippen molar-refractivity contribution in [2.24, 2.45) is 0 Å². The number of nitrogens with zero attached hydrogens (tertiary/aromatic N) is 2. The summed E-state index contributed by atoms with van der Waals surface area (Å²) in [7, 11) is 0. The number of aryl methyl sites for hydroxylation is 1. The van der Waals surface area contributed by atoms with Crippen molar-refractivity contribution >= 4 is 33.0 Å². The molecule has 0 fully saturated rings. The number of hydrogen-bond donors (Lipinski definition) is 1. The maximum atomic E-state index is 11.9. The Labute approximate surface area is 123 Å². The number of halogens is 1. The van der Waals surface area contributed by atoms with E-state index in [9.17, 15) is 4.79 Å². The Morgan fingerprint density at radius 1 is 1.58 bits per heavy atom. The topological polar surface area (TPSA) is 46.9 Å². The highest BCUT2D eigenvalue weighted by Gasteiger charge is 2.08. The Bertz CT molecular complexity index is 684. The van der Waals surface area contributed by atoms with E-state index in [1.807, 2.05) is 0 Å². The number of terminal acetylenes is 1. The van der Waals surface area contributed by atoms with Crippen LogP contribution in [0.25, 0.3) is 0 Å². The Morgan fingerprint density at radius 2 is 2.37 bits per heavy atom. The second-order valence-corrected chi connectivity index (χ2v) is 5.51. The summed E-state index contributed by atoms with van der Waals surface area (Å²) in [5.41, 5.74) is 2.89. The van der Waals surface area contributed by atoms with Crippen LogP contribution < -0.4 is 10.9 Å². The molecule has 2 aromatic rings. The van der Waals surface area contributed by atoms with Gasteiger partial charge in [-0.1, -0.05) is 5.92 Å². The van der Waals surface area contributed by atoms with Crippen molar-refractivity contribution < 1.29 is 0 Å². The first kappa shape index (κ1) is 13.8. The zero-order chi connectivity index (χ0) is 13.8. The third kappa shape index (κ3) is 3.06. The van der Waals surface area contributed by atoms with E-state index in [0.717, 1.165) is 0 Å². The Hall–Kier alpha value is -1.58. The molecule has 0 aliphatic heterocycles. The zero-order valence-corrected chi connectivity index (χ0v) is 12.7. The molecule has 0 saturated heterocycles. The summed E-state index contributed by atoms with van der Waals surface area (Å²) in [4.78, 5) is 11.9. The van der Waals surface area contributed by atoms with Crippen LogP contribution >= 0.6 is 27.3 Å². The summed E-state index contributed by atoms with van der Waals surface area (Å²) in [6.45, 7) is 2.89. The number of anilines is 1. The van der Waals surface area contributed by atoms with Crippen LogP contribution in [0.2, 0.25) is 0 Å². The van der Waals surface area contributed by atoms with Crippen molar-refractivity contribution in [2.75, 3.05) is 5.32 Å². The number of aromatic nitrogens is 2. The molecule has 0 unspecified atom stereocenters. The van der Waals surface area contributed by atoms with Crippen LogP contribution in [0.4, 0.5) is 5.69 Å². The molecule has 0 saturated carbocycles. The largest absolute Gasteiger partial charge is 0.379 e. The standard InChI is InChI=1S/C13H12BrN3OS/c1-3-4-17-13(18)12(14)11(6-16-17)15-5-10-8-19-7-9(10)2/h1,6-8,15H,4-5H2,2H3. The van der Waals surface area contributed by atoms with Gasteiger partial charge in [0.2, 0.25) is 0 Å². The molecule has 2 aromatic heterocycles. The number of rotatable bonds is 4. The highest BCUT2D eigenvalue weighted by Crippen LogP contribution is 2.19. The first-order valence-corrected chi connectivity index (χ1v) is 7.31. The van der Waals surface area contributed by atoms with Gasteiger partial charge in [-0.05, 0) is 44.7 Å². The Kier molecular flexibility index (Phi) is 4.40. The molecule has 0 aromatic carbocycles. The monoisotopic (exact) mass is 337 g/mol. The third-order valence-corrected chi connectivity index (χ3v) is 4.33. The highest BCUT2D eigenvalue weighted by atomic mass is 79.9. The molecule has 1 N–H and O–H groups in total. The summed E-state index contributed by atoms with van der Waals surface area (Å²) in [5, 5.41) is 11.4. The van der Waals surface area contributed by atoms with E-state index in [0.29, 0.717) is 16.7 Å². The lowest BCUT2D eigenvalue weighted by Gasteiger charge is -2.09. The molecule has 6 heteroatoms. The molecule has 19 heavy (non-hydrogen) atoms. The van der Waals surface area contributed by atoms with Crippen LogP contribution in [0.5, 0.6) is 0 Å². The van der Waals surface area contributed by atoms with Gasteiger partial charge in [-0.25, -0.2) is 4.68 Å². The van der Waals surface area contributed by atoms with Crippen molar-refractivity contribution in [1.82, 2.24) is 9.78 Å². The average Bonchev–Trinajstić information content (AvgIpc) is 2.80. The fraction of sp³-hybridized carbons (Fsp3) is 0.231. The van der Waals surface area contributed by atoms with Gasteiger partial charge >= 0.3 is 0 Å². The van der Waals surface area contributed by atoms with Gasteiger partial charge in [-0.2, -0.15) is 16.4 Å². The number of hydrogen-bond acceptors (Lipinski definition) is 4. The lowest BCUT2D eigenvalue weighted by Crippen LogP contribution is -2.24. The van der Waals surface area contributed by atoms with Gasteiger partial charge in [0.25, 0.3) is 5.56 Å². The molecule has 2 heterocycles. The lowest BCUT2D eigenvalue weighted by atomic mass is 10.2. The number of nitrogens with one attached hydrogen (secondary N) is 1. The lowest BCUT2D eigenvalue weighted by molar-refractivity contribution is 0.659. The van der Waals surface area contributed by atoms with Gasteiger partial charge in [-0.3, -0.25) is 4.79 Å². The fourth-order valence-corrected chi connectivity index (χ4v) is 2.85. The third-order valence-electron chi connectivity index (χ3n) is 2.66. The normalized spacial score (nSPS) is 10.2. The van der Waals surface area contributed by atoms with Crippen molar-refractivity contribution in [3.63, 3.8) is 0 Å². The average molecular weight is 338 g/mol. The maximum Gasteiger partial charge on any atom is 0.284 e. The van der Waals surface area contributed by atoms with E-state index < -0.39 is 0 Å². The predicted molar refractivity (Wildman–Crippen MR) is 81.4 cm³/mol. The van der Waals surface area contributed by atoms with Crippen molar-refractivity contribution in [2.45, 2.75) is 20.0 Å².